The highest BCUT2D eigenvalue weighted by Crippen LogP contribution is 2.58. The van der Waals surface area contributed by atoms with Crippen molar-refractivity contribution in [3.63, 3.8) is 0 Å². The molecule has 0 saturated carbocycles. The maximum Gasteiger partial charge on any atom is 0.343 e. The van der Waals surface area contributed by atoms with Crippen LogP contribution in [-0.2, 0) is 27.1 Å². The Balaban J connectivity index is 1.21. The zero-order chi connectivity index (χ0) is 47.2. The number of thiophene rings is 1. The zero-order valence-electron chi connectivity index (χ0n) is 41.8. The van der Waals surface area contributed by atoms with Crippen molar-refractivity contribution in [2.24, 2.45) is 0 Å². The van der Waals surface area contributed by atoms with Gasteiger partial charge in [0.25, 0.3) is 0 Å². The first-order chi connectivity index (χ1) is 32.2. The van der Waals surface area contributed by atoms with Crippen LogP contribution < -0.4 is 20.0 Å². The van der Waals surface area contributed by atoms with Crippen molar-refractivity contribution in [3.8, 4) is 22.3 Å². The molecule has 0 radical (unpaired) electrons. The van der Waals surface area contributed by atoms with E-state index in [0.717, 1.165) is 21.9 Å². The smallest absolute Gasteiger partial charge is 0.343 e. The van der Waals surface area contributed by atoms with E-state index < -0.39 is 0 Å². The Morgan fingerprint density at radius 2 is 1.16 bits per heavy atom. The van der Waals surface area contributed by atoms with Crippen LogP contribution in [0, 0.1) is 0 Å². The van der Waals surface area contributed by atoms with Gasteiger partial charge in [-0.2, -0.15) is 0 Å². The van der Waals surface area contributed by atoms with Crippen LogP contribution in [0.25, 0.3) is 54.3 Å². The highest BCUT2D eigenvalue weighted by atomic mass is 32.1. The molecule has 2 aliphatic carbocycles. The van der Waals surface area contributed by atoms with E-state index in [-0.39, 0.29) is 33.9 Å². The van der Waals surface area contributed by atoms with E-state index in [1.54, 1.807) is 0 Å². The molecule has 0 fully saturated rings. The summed E-state index contributed by atoms with van der Waals surface area (Å²) in [7, 11) is 0. The second-order valence-corrected chi connectivity index (χ2v) is 25.5. The lowest BCUT2D eigenvalue weighted by Gasteiger charge is -2.45. The maximum absolute atomic E-state index is 7.22. The average Bonchev–Trinajstić information content (AvgIpc) is 3.94. The van der Waals surface area contributed by atoms with Gasteiger partial charge in [-0.15, -0.1) is 11.3 Å². The van der Waals surface area contributed by atoms with E-state index >= 15 is 0 Å². The van der Waals surface area contributed by atoms with Gasteiger partial charge >= 0.3 is 6.85 Å². The number of hydrogen-bond donors (Lipinski definition) is 0. The van der Waals surface area contributed by atoms with E-state index in [1.165, 1.54) is 117 Å². The fourth-order valence-electron chi connectivity index (χ4n) is 12.7. The number of para-hydroxylation sites is 1. The van der Waals surface area contributed by atoms with Crippen LogP contribution in [0.15, 0.2) is 132 Å². The number of furan rings is 1. The Kier molecular flexibility index (Phi) is 8.42. The fourth-order valence-corrected chi connectivity index (χ4v) is 14.0. The molecule has 4 heterocycles. The predicted octanol–water partition coefficient (Wildman–Crippen LogP) is 16.8. The first kappa shape index (κ1) is 42.1. The molecule has 5 heteroatoms. The van der Waals surface area contributed by atoms with Crippen molar-refractivity contribution in [2.75, 3.05) is 9.71 Å². The molecule has 0 atom stereocenters. The highest BCUT2D eigenvalue weighted by Gasteiger charge is 2.50. The van der Waals surface area contributed by atoms with Gasteiger partial charge < -0.3 is 14.1 Å². The van der Waals surface area contributed by atoms with Crippen LogP contribution in [-0.4, -0.2) is 6.85 Å². The number of nitrogens with zero attached hydrogens (tertiary/aromatic N) is 2. The van der Waals surface area contributed by atoms with Crippen LogP contribution in [0.4, 0.5) is 28.4 Å². The van der Waals surface area contributed by atoms with Gasteiger partial charge in [0.05, 0.1) is 5.69 Å². The second-order valence-electron chi connectivity index (χ2n) is 24.4. The lowest BCUT2D eigenvalue weighted by Crippen LogP contribution is -2.60. The first-order valence-corrected chi connectivity index (χ1v) is 25.7. The molecule has 0 saturated heterocycles. The third kappa shape index (κ3) is 5.72. The lowest BCUT2D eigenvalue weighted by atomic mass is 9.46. The first-order valence-electron chi connectivity index (χ1n) is 24.9. The standard InChI is InChI=1S/C63H61BN2OS/c1-59(2,3)36-21-25-38(26-22-36)65-51-33-43-41-18-14-16-20-52(41)67-57(43)54-44-31-42-40-17-13-15-19-46(40)63(11,12)47(42)34-50(44)66(39-27-23-37(24-28-39)60(4,5)6)64(55(51)54)58-56(65)45-32-48-49(35-53(45)68-58)62(9,10)30-29-61(48,7)8/h13-28,31-35H,29-30H2,1-12H3. The molecular formula is C63H61BN2OS. The average molecular weight is 905 g/mol. The Bertz CT molecular complexity index is 3630. The van der Waals surface area contributed by atoms with Gasteiger partial charge in [-0.3, -0.25) is 0 Å². The van der Waals surface area contributed by atoms with Gasteiger partial charge in [0, 0.05) is 64.9 Å². The molecule has 9 aromatic rings. The monoisotopic (exact) mass is 904 g/mol. The molecule has 7 aromatic carbocycles. The van der Waals surface area contributed by atoms with Gasteiger partial charge in [-0.05, 0) is 145 Å². The molecule has 0 N–H and O–H groups in total. The third-order valence-corrected chi connectivity index (χ3v) is 18.0. The normalized spacial score (nSPS) is 17.3. The summed E-state index contributed by atoms with van der Waals surface area (Å²) in [5.41, 5.74) is 22.8. The van der Waals surface area contributed by atoms with Gasteiger partial charge in [0.1, 0.15) is 11.2 Å². The summed E-state index contributed by atoms with van der Waals surface area (Å²) in [6.07, 6.45) is 2.35. The van der Waals surface area contributed by atoms with E-state index in [0.29, 0.717) is 0 Å². The number of benzene rings is 7. The number of anilines is 5. The molecular weight excluding hydrogens is 844 g/mol. The molecule has 13 rings (SSSR count). The largest absolute Gasteiger partial charge is 0.455 e. The van der Waals surface area contributed by atoms with Gasteiger partial charge in [0.2, 0.25) is 0 Å². The van der Waals surface area contributed by atoms with Crippen molar-refractivity contribution in [1.29, 1.82) is 0 Å². The maximum atomic E-state index is 7.22. The molecule has 0 spiro atoms. The Morgan fingerprint density at radius 1 is 0.544 bits per heavy atom. The van der Waals surface area contributed by atoms with E-state index in [2.05, 4.69) is 220 Å². The summed E-state index contributed by atoms with van der Waals surface area (Å²) in [4.78, 5) is 5.38. The Labute approximate surface area is 406 Å². The molecule has 3 nitrogen and oxygen atoms in total. The molecule has 0 unspecified atom stereocenters. The van der Waals surface area contributed by atoms with E-state index in [4.69, 9.17) is 4.42 Å². The molecule has 338 valence electrons. The number of fused-ring (bicyclic) bond motifs is 14. The van der Waals surface area contributed by atoms with Crippen molar-refractivity contribution in [1.82, 2.24) is 0 Å². The lowest BCUT2D eigenvalue weighted by molar-refractivity contribution is 0.332. The molecule has 68 heavy (non-hydrogen) atoms. The quantitative estimate of drug-likeness (QED) is 0.161. The van der Waals surface area contributed by atoms with Gasteiger partial charge in [0.15, 0.2) is 0 Å². The van der Waals surface area contributed by atoms with Crippen molar-refractivity contribution in [3.05, 3.63) is 161 Å². The topological polar surface area (TPSA) is 19.6 Å². The SMILES string of the molecule is CC(C)(C)c1ccc(N2B3c4sc5cc6c(cc5c4N(c4ccc(C(C)(C)C)cc4)c4cc5c(oc7ccccc75)c(c43)-c3cc4c(cc32)C(C)(C)c2ccccc2-4)C(C)(C)CCC6(C)C)cc1. The minimum atomic E-state index is -0.177. The van der Waals surface area contributed by atoms with Crippen LogP contribution in [0.3, 0.4) is 0 Å². The van der Waals surface area contributed by atoms with Crippen LogP contribution >= 0.6 is 11.3 Å². The zero-order valence-corrected chi connectivity index (χ0v) is 42.6. The van der Waals surface area contributed by atoms with Crippen LogP contribution in [0.1, 0.15) is 129 Å². The summed E-state index contributed by atoms with van der Waals surface area (Å²) >= 11 is 2.01. The van der Waals surface area contributed by atoms with Crippen molar-refractivity contribution in [2.45, 2.75) is 123 Å². The molecule has 0 bridgehead atoms. The van der Waals surface area contributed by atoms with Crippen LogP contribution in [0.5, 0.6) is 0 Å². The molecule has 0 amide bonds. The highest BCUT2D eigenvalue weighted by molar-refractivity contribution is 7.32. The summed E-state index contributed by atoms with van der Waals surface area (Å²) in [6, 6.07) is 49.6. The summed E-state index contributed by atoms with van der Waals surface area (Å²) in [5.74, 6) is 0. The van der Waals surface area contributed by atoms with Gasteiger partial charge in [-0.25, -0.2) is 0 Å². The Hall–Kier alpha value is -6.04. The molecule has 4 aliphatic rings. The predicted molar refractivity (Wildman–Crippen MR) is 293 cm³/mol. The van der Waals surface area contributed by atoms with Crippen molar-refractivity contribution >= 4 is 88.9 Å². The Morgan fingerprint density at radius 3 is 1.84 bits per heavy atom. The van der Waals surface area contributed by atoms with Gasteiger partial charge in [-0.1, -0.05) is 150 Å². The van der Waals surface area contributed by atoms with Crippen LogP contribution in [0.2, 0.25) is 0 Å². The molecule has 2 aromatic heterocycles. The van der Waals surface area contributed by atoms with Crippen molar-refractivity contribution < 1.29 is 4.42 Å². The van der Waals surface area contributed by atoms with E-state index in [9.17, 15) is 0 Å². The minimum Gasteiger partial charge on any atom is -0.455 e. The summed E-state index contributed by atoms with van der Waals surface area (Å²) < 4.78 is 9.96. The molecule has 2 aliphatic heterocycles. The summed E-state index contributed by atoms with van der Waals surface area (Å²) in [5, 5.41) is 3.65. The second kappa shape index (κ2) is 13.6. The minimum absolute atomic E-state index is 0.0226. The number of hydrogen-bond acceptors (Lipinski definition) is 4. The third-order valence-electron chi connectivity index (χ3n) is 16.8. The summed E-state index contributed by atoms with van der Waals surface area (Å²) in [6.45, 7) is 28.5. The fraction of sp³-hybridized carbons (Fsp3) is 0.302. The van der Waals surface area contributed by atoms with E-state index in [1.807, 2.05) is 11.3 Å². The number of rotatable bonds is 2.